The molecule has 0 radical (unpaired) electrons. The Morgan fingerprint density at radius 3 is 2.44 bits per heavy atom. The standard InChI is InChI=1S/C27H35N3O6.C10H7F3O.C2H6/c1-13-9-14(2)24(33-6)23(32)20(13)22-18-10-17-21(19(11-28-5)30(18)8-7-29-22)27-26(34-12-35-27)15(3)25(17)36-16(4)31;11-10(12,13)9-5-1-3-8(7-9)4-2-6-14;1-2/h9,18-19,22,28-29,32H,7-8,10-12H2,1-6H3;1-7H;1-2H3/b;4-2+;/t18?,19-,22-;;/m0../s1. The summed E-state index contributed by atoms with van der Waals surface area (Å²) in [5.41, 5.74) is 5.11. The first-order valence-electron chi connectivity index (χ1n) is 17.2. The summed E-state index contributed by atoms with van der Waals surface area (Å²) in [6.45, 7) is 13.7. The van der Waals surface area contributed by atoms with Crippen molar-refractivity contribution in [3.05, 3.63) is 80.9 Å². The van der Waals surface area contributed by atoms with Crippen LogP contribution in [-0.2, 0) is 22.2 Å². The molecule has 282 valence electrons. The number of methoxy groups -OCH3 is 1. The van der Waals surface area contributed by atoms with E-state index < -0.39 is 11.7 Å². The Bertz CT molecular complexity index is 1790. The molecule has 3 N–H and O–H groups in total. The van der Waals surface area contributed by atoms with Gasteiger partial charge in [-0.05, 0) is 69.1 Å². The van der Waals surface area contributed by atoms with E-state index >= 15 is 0 Å². The van der Waals surface area contributed by atoms with E-state index in [1.54, 1.807) is 7.11 Å². The zero-order valence-electron chi connectivity index (χ0n) is 30.9. The number of phenols is 1. The lowest BCUT2D eigenvalue weighted by Crippen LogP contribution is -2.58. The van der Waals surface area contributed by atoms with Crippen molar-refractivity contribution < 1.29 is 46.8 Å². The molecule has 0 spiro atoms. The SMILES string of the molecule is CC.CNC[C@H]1c2c(c(OC(C)=O)c(C)c3c2OCO3)CC2[C@@H](c3c(C)cc(C)c(OC)c3O)NCCN21.O=C/C=C/c1cccc(C(F)(F)F)c1. The second-order valence-electron chi connectivity index (χ2n) is 12.4. The van der Waals surface area contributed by atoms with E-state index in [0.717, 1.165) is 70.4 Å². The van der Waals surface area contributed by atoms with Crippen molar-refractivity contribution in [2.75, 3.05) is 40.6 Å². The largest absolute Gasteiger partial charge is 0.504 e. The van der Waals surface area contributed by atoms with Crippen LogP contribution in [0, 0.1) is 20.8 Å². The van der Waals surface area contributed by atoms with E-state index in [1.165, 1.54) is 25.1 Å². The average molecular weight is 728 g/mol. The van der Waals surface area contributed by atoms with Crippen LogP contribution in [0.1, 0.15) is 77.4 Å². The second-order valence-corrected chi connectivity index (χ2v) is 12.4. The number of piperazine rings is 1. The van der Waals surface area contributed by atoms with Gasteiger partial charge in [0.05, 0.1) is 24.8 Å². The molecule has 0 amide bonds. The number of nitrogens with one attached hydrogen (secondary N) is 2. The molecule has 0 aliphatic carbocycles. The highest BCUT2D eigenvalue weighted by molar-refractivity contribution is 5.75. The molecule has 0 bridgehead atoms. The number of aryl methyl sites for hydroxylation is 2. The maximum absolute atomic E-state index is 12.2. The van der Waals surface area contributed by atoms with Gasteiger partial charge in [-0.25, -0.2) is 0 Å². The molecule has 3 heterocycles. The van der Waals surface area contributed by atoms with Gasteiger partial charge in [-0.2, -0.15) is 13.2 Å². The summed E-state index contributed by atoms with van der Waals surface area (Å²) in [5, 5.41) is 18.3. The van der Waals surface area contributed by atoms with Gasteiger partial charge < -0.3 is 34.7 Å². The van der Waals surface area contributed by atoms with Crippen LogP contribution in [0.25, 0.3) is 6.08 Å². The number of alkyl halides is 3. The first-order valence-corrected chi connectivity index (χ1v) is 17.2. The highest BCUT2D eigenvalue weighted by Crippen LogP contribution is 2.54. The second kappa shape index (κ2) is 17.3. The fourth-order valence-electron chi connectivity index (χ4n) is 7.31. The van der Waals surface area contributed by atoms with E-state index in [-0.39, 0.29) is 36.6 Å². The van der Waals surface area contributed by atoms with E-state index in [2.05, 4.69) is 21.6 Å². The van der Waals surface area contributed by atoms with Gasteiger partial charge in [-0.1, -0.05) is 38.1 Å². The summed E-state index contributed by atoms with van der Waals surface area (Å²) in [7, 11) is 3.51. The summed E-state index contributed by atoms with van der Waals surface area (Å²) < 4.78 is 59.8. The zero-order valence-corrected chi connectivity index (χ0v) is 30.9. The summed E-state index contributed by atoms with van der Waals surface area (Å²) in [6.07, 6.45) is -0.745. The van der Waals surface area contributed by atoms with Crippen LogP contribution in [0.2, 0.25) is 0 Å². The van der Waals surface area contributed by atoms with Crippen LogP contribution in [0.5, 0.6) is 28.7 Å². The molecule has 10 nitrogen and oxygen atoms in total. The topological polar surface area (TPSA) is 119 Å². The van der Waals surface area contributed by atoms with Gasteiger partial charge in [-0.15, -0.1) is 0 Å². The number of likely N-dealkylation sites (N-methyl/N-ethyl adjacent to an activating group) is 1. The number of hydrogen-bond donors (Lipinski definition) is 3. The lowest BCUT2D eigenvalue weighted by molar-refractivity contribution is -0.137. The smallest absolute Gasteiger partial charge is 0.416 e. The zero-order chi connectivity index (χ0) is 38.3. The minimum Gasteiger partial charge on any atom is -0.504 e. The number of carbonyl (C=O) groups excluding carboxylic acids is 2. The molecule has 0 aromatic heterocycles. The Morgan fingerprint density at radius 1 is 1.10 bits per heavy atom. The number of phenolic OH excluding ortho intramolecular Hbond substituents is 1. The van der Waals surface area contributed by atoms with Crippen molar-refractivity contribution in [1.29, 1.82) is 0 Å². The predicted molar refractivity (Wildman–Crippen MR) is 192 cm³/mol. The van der Waals surface area contributed by atoms with Gasteiger partial charge in [0.15, 0.2) is 23.0 Å². The average Bonchev–Trinajstić information content (AvgIpc) is 3.60. The van der Waals surface area contributed by atoms with Crippen molar-refractivity contribution in [1.82, 2.24) is 15.5 Å². The molecular weight excluding hydrogens is 679 g/mol. The molecule has 6 rings (SSSR count). The lowest BCUT2D eigenvalue weighted by Gasteiger charge is -2.50. The highest BCUT2D eigenvalue weighted by atomic mass is 19.4. The Balaban J connectivity index is 0.000000318. The fraction of sp³-hybridized carbons (Fsp3) is 0.436. The summed E-state index contributed by atoms with van der Waals surface area (Å²) >= 11 is 0. The molecular formula is C39H48F3N3O7. The van der Waals surface area contributed by atoms with E-state index in [0.29, 0.717) is 42.1 Å². The molecule has 3 aliphatic heterocycles. The third-order valence-electron chi connectivity index (χ3n) is 9.26. The maximum Gasteiger partial charge on any atom is 0.416 e. The number of aromatic hydroxyl groups is 1. The highest BCUT2D eigenvalue weighted by Gasteiger charge is 2.46. The van der Waals surface area contributed by atoms with Crippen molar-refractivity contribution in [2.24, 2.45) is 0 Å². The first-order chi connectivity index (χ1) is 24.8. The Hall–Kier alpha value is -4.59. The molecule has 3 aromatic rings. The minimum atomic E-state index is -4.34. The van der Waals surface area contributed by atoms with Gasteiger partial charge in [0.25, 0.3) is 0 Å². The van der Waals surface area contributed by atoms with E-state index in [4.69, 9.17) is 18.9 Å². The molecule has 0 saturated carbocycles. The van der Waals surface area contributed by atoms with Crippen LogP contribution in [0.15, 0.2) is 36.4 Å². The molecule has 1 unspecified atom stereocenters. The number of halogens is 3. The summed E-state index contributed by atoms with van der Waals surface area (Å²) in [4.78, 5) is 24.6. The minimum absolute atomic E-state index is 0.00399. The van der Waals surface area contributed by atoms with Crippen LogP contribution in [-0.4, -0.2) is 68.9 Å². The van der Waals surface area contributed by atoms with Crippen molar-refractivity contribution in [3.63, 3.8) is 0 Å². The van der Waals surface area contributed by atoms with Gasteiger partial charge in [-0.3, -0.25) is 14.5 Å². The number of ether oxygens (including phenoxy) is 4. The Labute approximate surface area is 302 Å². The van der Waals surface area contributed by atoms with Crippen LogP contribution in [0.3, 0.4) is 0 Å². The Morgan fingerprint density at radius 2 is 1.81 bits per heavy atom. The predicted octanol–water partition coefficient (Wildman–Crippen LogP) is 6.76. The van der Waals surface area contributed by atoms with Crippen LogP contribution < -0.4 is 29.6 Å². The number of benzene rings is 3. The Kier molecular flexibility index (Phi) is 13.4. The van der Waals surface area contributed by atoms with Gasteiger partial charge >= 0.3 is 12.1 Å². The molecule has 1 saturated heterocycles. The van der Waals surface area contributed by atoms with E-state index in [1.807, 2.05) is 41.7 Å². The van der Waals surface area contributed by atoms with Gasteiger partial charge in [0.2, 0.25) is 6.79 Å². The number of rotatable bonds is 7. The van der Waals surface area contributed by atoms with Gasteiger partial charge in [0.1, 0.15) is 12.0 Å². The van der Waals surface area contributed by atoms with Crippen LogP contribution in [0.4, 0.5) is 13.2 Å². The monoisotopic (exact) mass is 727 g/mol. The molecule has 3 aromatic carbocycles. The van der Waals surface area contributed by atoms with Crippen molar-refractivity contribution in [3.8, 4) is 28.7 Å². The van der Waals surface area contributed by atoms with E-state index in [9.17, 15) is 27.9 Å². The molecule has 3 atom stereocenters. The lowest BCUT2D eigenvalue weighted by atomic mass is 9.79. The molecule has 3 aliphatic rings. The third kappa shape index (κ3) is 8.22. The van der Waals surface area contributed by atoms with Crippen LogP contribution >= 0.6 is 0 Å². The fourth-order valence-corrected chi connectivity index (χ4v) is 7.31. The number of allylic oxidation sites excluding steroid dienone is 1. The molecule has 1 fully saturated rings. The number of fused-ring (bicyclic) bond motifs is 4. The number of carbonyl (C=O) groups is 2. The number of hydrogen-bond acceptors (Lipinski definition) is 10. The van der Waals surface area contributed by atoms with Crippen molar-refractivity contribution in [2.45, 2.75) is 72.3 Å². The summed E-state index contributed by atoms with van der Waals surface area (Å²) in [6, 6.07) is 6.63. The first kappa shape index (κ1) is 40.2. The number of aldehydes is 1. The maximum atomic E-state index is 12.2. The van der Waals surface area contributed by atoms with Crippen molar-refractivity contribution >= 4 is 18.3 Å². The molecule has 13 heteroatoms. The third-order valence-corrected chi connectivity index (χ3v) is 9.26. The quantitative estimate of drug-likeness (QED) is 0.104. The van der Waals surface area contributed by atoms with Gasteiger partial charge in [0, 0.05) is 54.9 Å². The number of nitrogens with zero attached hydrogens (tertiary/aromatic N) is 1. The number of esters is 1. The molecule has 52 heavy (non-hydrogen) atoms. The summed E-state index contributed by atoms with van der Waals surface area (Å²) in [5.74, 6) is 2.23. The normalized spacial score (nSPS) is 19.0.